The van der Waals surface area contributed by atoms with Crippen LogP contribution in [0.3, 0.4) is 0 Å². The van der Waals surface area contributed by atoms with Crippen LogP contribution >= 0.6 is 0 Å². The van der Waals surface area contributed by atoms with Gasteiger partial charge < -0.3 is 5.32 Å². The molecule has 1 aliphatic carbocycles. The zero-order valence-electron chi connectivity index (χ0n) is 10.4. The highest BCUT2D eigenvalue weighted by molar-refractivity contribution is 5.53. The first-order valence-corrected chi connectivity index (χ1v) is 6.39. The summed E-state index contributed by atoms with van der Waals surface area (Å²) in [6.07, 6.45) is 8.16. The van der Waals surface area contributed by atoms with E-state index in [0.29, 0.717) is 11.1 Å². The van der Waals surface area contributed by atoms with Gasteiger partial charge in [0.15, 0.2) is 5.69 Å². The van der Waals surface area contributed by atoms with E-state index in [9.17, 15) is 0 Å². The molecule has 3 nitrogen and oxygen atoms in total. The molecule has 0 atom stereocenters. The van der Waals surface area contributed by atoms with Crippen molar-refractivity contribution in [1.29, 1.82) is 5.26 Å². The second kappa shape index (κ2) is 5.18. The third-order valence-electron chi connectivity index (χ3n) is 3.98. The summed E-state index contributed by atoms with van der Waals surface area (Å²) in [5, 5.41) is 12.4. The first-order chi connectivity index (χ1) is 8.29. The van der Waals surface area contributed by atoms with Crippen molar-refractivity contribution in [3.05, 3.63) is 24.0 Å². The van der Waals surface area contributed by atoms with Crippen LogP contribution in [-0.4, -0.2) is 11.5 Å². The van der Waals surface area contributed by atoms with Crippen molar-refractivity contribution in [2.45, 2.75) is 39.0 Å². The van der Waals surface area contributed by atoms with Gasteiger partial charge in [-0.1, -0.05) is 19.8 Å². The molecule has 17 heavy (non-hydrogen) atoms. The van der Waals surface area contributed by atoms with Crippen LogP contribution in [0.25, 0.3) is 0 Å². The molecule has 2 rings (SSSR count). The van der Waals surface area contributed by atoms with Gasteiger partial charge in [0, 0.05) is 12.7 Å². The second-order valence-electron chi connectivity index (χ2n) is 4.93. The van der Waals surface area contributed by atoms with Crippen LogP contribution in [0.5, 0.6) is 0 Å². The molecule has 0 radical (unpaired) electrons. The lowest BCUT2D eigenvalue weighted by atomic mass is 9.83. The van der Waals surface area contributed by atoms with E-state index in [0.717, 1.165) is 12.2 Å². The summed E-state index contributed by atoms with van der Waals surface area (Å²) < 4.78 is 0. The van der Waals surface area contributed by atoms with E-state index in [4.69, 9.17) is 5.26 Å². The molecule has 1 aromatic heterocycles. The van der Waals surface area contributed by atoms with Crippen LogP contribution in [0.2, 0.25) is 0 Å². The van der Waals surface area contributed by atoms with Gasteiger partial charge in [0.1, 0.15) is 6.07 Å². The van der Waals surface area contributed by atoms with Crippen LogP contribution in [0.4, 0.5) is 5.69 Å². The molecule has 0 unspecified atom stereocenters. The number of aromatic nitrogens is 1. The summed E-state index contributed by atoms with van der Waals surface area (Å²) in [7, 11) is 0. The van der Waals surface area contributed by atoms with Gasteiger partial charge >= 0.3 is 0 Å². The van der Waals surface area contributed by atoms with Gasteiger partial charge in [-0.3, -0.25) is 0 Å². The fourth-order valence-corrected chi connectivity index (χ4v) is 2.70. The first kappa shape index (κ1) is 11.9. The number of hydrogen-bond acceptors (Lipinski definition) is 3. The molecule has 1 fully saturated rings. The maximum Gasteiger partial charge on any atom is 0.163 e. The van der Waals surface area contributed by atoms with Crippen LogP contribution in [0, 0.1) is 16.7 Å². The van der Waals surface area contributed by atoms with Gasteiger partial charge in [0.25, 0.3) is 0 Å². The SMILES string of the molecule is CCC1(CNc2cccnc2C#N)CCCC1. The quantitative estimate of drug-likeness (QED) is 0.861. The molecule has 0 aromatic carbocycles. The van der Waals surface area contributed by atoms with E-state index in [-0.39, 0.29) is 0 Å². The lowest BCUT2D eigenvalue weighted by Crippen LogP contribution is -2.26. The fourth-order valence-electron chi connectivity index (χ4n) is 2.70. The van der Waals surface area contributed by atoms with Gasteiger partial charge in [-0.15, -0.1) is 0 Å². The van der Waals surface area contributed by atoms with Crippen molar-refractivity contribution in [2.75, 3.05) is 11.9 Å². The molecular formula is C14H19N3. The normalized spacial score (nSPS) is 17.6. The maximum atomic E-state index is 8.98. The summed E-state index contributed by atoms with van der Waals surface area (Å²) in [6.45, 7) is 3.23. The van der Waals surface area contributed by atoms with Crippen LogP contribution < -0.4 is 5.32 Å². The Balaban J connectivity index is 2.04. The van der Waals surface area contributed by atoms with E-state index >= 15 is 0 Å². The van der Waals surface area contributed by atoms with E-state index in [1.165, 1.54) is 32.1 Å². The number of nitrogens with zero attached hydrogens (tertiary/aromatic N) is 2. The number of pyridine rings is 1. The Labute approximate surface area is 103 Å². The lowest BCUT2D eigenvalue weighted by molar-refractivity contribution is 0.307. The molecule has 0 saturated heterocycles. The minimum atomic E-state index is 0.433. The third-order valence-corrected chi connectivity index (χ3v) is 3.98. The van der Waals surface area contributed by atoms with E-state index in [1.54, 1.807) is 6.20 Å². The van der Waals surface area contributed by atoms with Crippen molar-refractivity contribution in [3.8, 4) is 6.07 Å². The highest BCUT2D eigenvalue weighted by Crippen LogP contribution is 2.40. The van der Waals surface area contributed by atoms with E-state index in [2.05, 4.69) is 23.3 Å². The van der Waals surface area contributed by atoms with Crippen LogP contribution in [0.1, 0.15) is 44.7 Å². The van der Waals surface area contributed by atoms with Crippen LogP contribution in [-0.2, 0) is 0 Å². The molecule has 90 valence electrons. The molecule has 0 bridgehead atoms. The van der Waals surface area contributed by atoms with Crippen molar-refractivity contribution < 1.29 is 0 Å². The third kappa shape index (κ3) is 2.58. The Bertz CT molecular complexity index is 414. The first-order valence-electron chi connectivity index (χ1n) is 6.39. The summed E-state index contributed by atoms with van der Waals surface area (Å²) in [5.74, 6) is 0. The highest BCUT2D eigenvalue weighted by atomic mass is 14.9. The summed E-state index contributed by atoms with van der Waals surface area (Å²) >= 11 is 0. The zero-order chi connectivity index (χ0) is 12.1. The second-order valence-corrected chi connectivity index (χ2v) is 4.93. The average Bonchev–Trinajstić information content (AvgIpc) is 2.86. The van der Waals surface area contributed by atoms with Gasteiger partial charge in [0.2, 0.25) is 0 Å². The summed E-state index contributed by atoms with van der Waals surface area (Å²) in [5.41, 5.74) is 1.80. The summed E-state index contributed by atoms with van der Waals surface area (Å²) in [4.78, 5) is 4.07. The predicted octanol–water partition coefficient (Wildman–Crippen LogP) is 3.34. The van der Waals surface area contributed by atoms with Gasteiger partial charge in [0.05, 0.1) is 5.69 Å². The van der Waals surface area contributed by atoms with Gasteiger partial charge in [-0.25, -0.2) is 4.98 Å². The Hall–Kier alpha value is -1.56. The smallest absolute Gasteiger partial charge is 0.163 e. The van der Waals surface area contributed by atoms with Crippen molar-refractivity contribution in [2.24, 2.45) is 5.41 Å². The monoisotopic (exact) mass is 229 g/mol. The number of hydrogen-bond donors (Lipinski definition) is 1. The Morgan fingerprint density at radius 1 is 1.47 bits per heavy atom. The Kier molecular flexibility index (Phi) is 3.63. The molecule has 1 heterocycles. The molecule has 1 aromatic rings. The molecule has 0 amide bonds. The van der Waals surface area contributed by atoms with Crippen molar-refractivity contribution in [1.82, 2.24) is 4.98 Å². The molecular weight excluding hydrogens is 210 g/mol. The molecule has 1 aliphatic rings. The average molecular weight is 229 g/mol. The molecule has 3 heteroatoms. The maximum absolute atomic E-state index is 8.98. The standard InChI is InChI=1S/C14H19N3/c1-2-14(7-3-4-8-14)11-17-12-6-5-9-16-13(12)10-15/h5-6,9,17H,2-4,7-8,11H2,1H3. The van der Waals surface area contributed by atoms with Crippen molar-refractivity contribution >= 4 is 5.69 Å². The largest absolute Gasteiger partial charge is 0.382 e. The predicted molar refractivity (Wildman–Crippen MR) is 68.6 cm³/mol. The van der Waals surface area contributed by atoms with E-state index in [1.807, 2.05) is 12.1 Å². The molecule has 1 N–H and O–H groups in total. The fraction of sp³-hybridized carbons (Fsp3) is 0.571. The number of nitriles is 1. The lowest BCUT2D eigenvalue weighted by Gasteiger charge is -2.28. The number of rotatable bonds is 4. The minimum absolute atomic E-state index is 0.433. The van der Waals surface area contributed by atoms with Gasteiger partial charge in [-0.05, 0) is 36.8 Å². The van der Waals surface area contributed by atoms with Crippen molar-refractivity contribution in [3.63, 3.8) is 0 Å². The Morgan fingerprint density at radius 2 is 2.24 bits per heavy atom. The minimum Gasteiger partial charge on any atom is -0.382 e. The molecule has 0 spiro atoms. The summed E-state index contributed by atoms with van der Waals surface area (Å²) in [6, 6.07) is 5.93. The van der Waals surface area contributed by atoms with Crippen LogP contribution in [0.15, 0.2) is 18.3 Å². The Morgan fingerprint density at radius 3 is 2.88 bits per heavy atom. The highest BCUT2D eigenvalue weighted by Gasteiger charge is 2.31. The van der Waals surface area contributed by atoms with E-state index < -0.39 is 0 Å². The van der Waals surface area contributed by atoms with Gasteiger partial charge in [-0.2, -0.15) is 5.26 Å². The molecule has 1 saturated carbocycles. The number of nitrogens with one attached hydrogen (secondary N) is 1. The number of anilines is 1. The topological polar surface area (TPSA) is 48.7 Å². The molecule has 0 aliphatic heterocycles. The zero-order valence-corrected chi connectivity index (χ0v) is 10.4.